The molecular formula is C11H17N3O3. The molecule has 1 aliphatic rings. The molecule has 1 N–H and O–H groups in total. The normalized spacial score (nSPS) is 20.2. The van der Waals surface area contributed by atoms with E-state index in [0.29, 0.717) is 36.9 Å². The van der Waals surface area contributed by atoms with Crippen LogP contribution in [-0.2, 0) is 16.1 Å². The molecule has 1 aromatic heterocycles. The summed E-state index contributed by atoms with van der Waals surface area (Å²) in [6.45, 7) is 3.69. The van der Waals surface area contributed by atoms with E-state index >= 15 is 0 Å². The van der Waals surface area contributed by atoms with Crippen LogP contribution in [0.2, 0.25) is 0 Å². The summed E-state index contributed by atoms with van der Waals surface area (Å²) < 4.78 is 9.89. The number of nitrogens with one attached hydrogen (secondary N) is 1. The van der Waals surface area contributed by atoms with Gasteiger partial charge in [0.05, 0.1) is 6.54 Å². The highest BCUT2D eigenvalue weighted by Gasteiger charge is 2.17. The first kappa shape index (κ1) is 12.0. The SMILES string of the molecule is Cc1nonc1CNC(=O)C[C@H]1CCCOC1. The molecule has 0 unspecified atom stereocenters. The van der Waals surface area contributed by atoms with Gasteiger partial charge in [0.15, 0.2) is 0 Å². The molecule has 2 rings (SSSR count). The fourth-order valence-corrected chi connectivity index (χ4v) is 1.89. The van der Waals surface area contributed by atoms with E-state index in [1.165, 1.54) is 0 Å². The summed E-state index contributed by atoms with van der Waals surface area (Å²) in [5, 5.41) is 10.2. The maximum Gasteiger partial charge on any atom is 0.220 e. The minimum Gasteiger partial charge on any atom is -0.381 e. The molecule has 0 aromatic carbocycles. The quantitative estimate of drug-likeness (QED) is 0.841. The van der Waals surface area contributed by atoms with E-state index < -0.39 is 0 Å². The third-order valence-electron chi connectivity index (χ3n) is 2.93. The fourth-order valence-electron chi connectivity index (χ4n) is 1.89. The number of amides is 1. The number of hydrogen-bond donors (Lipinski definition) is 1. The first-order chi connectivity index (χ1) is 8.25. The number of carbonyl (C=O) groups is 1. The van der Waals surface area contributed by atoms with Gasteiger partial charge in [-0.05, 0) is 25.7 Å². The lowest BCUT2D eigenvalue weighted by molar-refractivity contribution is -0.123. The zero-order valence-electron chi connectivity index (χ0n) is 9.94. The van der Waals surface area contributed by atoms with Crippen LogP contribution in [0.3, 0.4) is 0 Å². The van der Waals surface area contributed by atoms with Crippen molar-refractivity contribution in [2.75, 3.05) is 13.2 Å². The zero-order chi connectivity index (χ0) is 12.1. The molecule has 1 aliphatic heterocycles. The highest BCUT2D eigenvalue weighted by Crippen LogP contribution is 2.16. The summed E-state index contributed by atoms with van der Waals surface area (Å²) in [7, 11) is 0. The van der Waals surface area contributed by atoms with Crippen LogP contribution in [-0.4, -0.2) is 29.4 Å². The van der Waals surface area contributed by atoms with E-state index in [1.54, 1.807) is 6.92 Å². The Morgan fingerprint density at radius 3 is 3.06 bits per heavy atom. The Labute approximate surface area is 99.7 Å². The van der Waals surface area contributed by atoms with Gasteiger partial charge in [-0.15, -0.1) is 0 Å². The molecule has 0 radical (unpaired) electrons. The molecule has 0 aliphatic carbocycles. The van der Waals surface area contributed by atoms with Crippen molar-refractivity contribution in [3.63, 3.8) is 0 Å². The molecule has 1 fully saturated rings. The highest BCUT2D eigenvalue weighted by atomic mass is 16.6. The van der Waals surface area contributed by atoms with Crippen molar-refractivity contribution >= 4 is 5.91 Å². The second-order valence-corrected chi connectivity index (χ2v) is 4.36. The largest absolute Gasteiger partial charge is 0.381 e. The Morgan fingerprint density at radius 2 is 2.41 bits per heavy atom. The molecule has 0 spiro atoms. The molecule has 1 saturated heterocycles. The number of nitrogens with zero attached hydrogens (tertiary/aromatic N) is 2. The van der Waals surface area contributed by atoms with E-state index in [4.69, 9.17) is 4.74 Å². The van der Waals surface area contributed by atoms with Crippen LogP contribution in [0.4, 0.5) is 0 Å². The third-order valence-corrected chi connectivity index (χ3v) is 2.93. The van der Waals surface area contributed by atoms with Gasteiger partial charge in [0.25, 0.3) is 0 Å². The van der Waals surface area contributed by atoms with Gasteiger partial charge in [-0.1, -0.05) is 10.3 Å². The predicted octanol–water partition coefficient (Wildman–Crippen LogP) is 0.811. The average molecular weight is 239 g/mol. The Hall–Kier alpha value is -1.43. The molecule has 1 atom stereocenters. The van der Waals surface area contributed by atoms with Crippen LogP contribution in [0.15, 0.2) is 4.63 Å². The van der Waals surface area contributed by atoms with Gasteiger partial charge in [0.1, 0.15) is 11.4 Å². The Bertz CT molecular complexity index is 372. The maximum atomic E-state index is 11.7. The number of carbonyl (C=O) groups excluding carboxylic acids is 1. The van der Waals surface area contributed by atoms with Crippen LogP contribution in [0.5, 0.6) is 0 Å². The fraction of sp³-hybridized carbons (Fsp3) is 0.727. The van der Waals surface area contributed by atoms with Crippen LogP contribution < -0.4 is 5.32 Å². The van der Waals surface area contributed by atoms with Crippen molar-refractivity contribution in [1.82, 2.24) is 15.6 Å². The number of aryl methyl sites for hydroxylation is 1. The molecule has 0 saturated carbocycles. The second-order valence-electron chi connectivity index (χ2n) is 4.36. The minimum atomic E-state index is 0.0305. The van der Waals surface area contributed by atoms with Gasteiger partial charge in [0.2, 0.25) is 5.91 Å². The highest BCUT2D eigenvalue weighted by molar-refractivity contribution is 5.76. The third kappa shape index (κ3) is 3.52. The van der Waals surface area contributed by atoms with Crippen LogP contribution in [0.1, 0.15) is 30.7 Å². The van der Waals surface area contributed by atoms with Crippen LogP contribution in [0.25, 0.3) is 0 Å². The van der Waals surface area contributed by atoms with E-state index in [2.05, 4.69) is 20.3 Å². The Kier molecular flexibility index (Phi) is 4.08. The molecule has 94 valence electrons. The average Bonchev–Trinajstić information content (AvgIpc) is 2.74. The molecule has 6 nitrogen and oxygen atoms in total. The molecule has 1 aromatic rings. The van der Waals surface area contributed by atoms with E-state index in [0.717, 1.165) is 19.4 Å². The summed E-state index contributed by atoms with van der Waals surface area (Å²) in [4.78, 5) is 11.7. The lowest BCUT2D eigenvalue weighted by Gasteiger charge is -2.21. The summed E-state index contributed by atoms with van der Waals surface area (Å²) >= 11 is 0. The molecule has 6 heteroatoms. The smallest absolute Gasteiger partial charge is 0.220 e. The topological polar surface area (TPSA) is 77.3 Å². The Morgan fingerprint density at radius 1 is 1.53 bits per heavy atom. The van der Waals surface area contributed by atoms with Crippen molar-refractivity contribution < 1.29 is 14.2 Å². The van der Waals surface area contributed by atoms with E-state index in [-0.39, 0.29) is 5.91 Å². The summed E-state index contributed by atoms with van der Waals surface area (Å²) in [6, 6.07) is 0. The molecule has 2 heterocycles. The summed E-state index contributed by atoms with van der Waals surface area (Å²) in [6.07, 6.45) is 2.63. The first-order valence-corrected chi connectivity index (χ1v) is 5.88. The van der Waals surface area contributed by atoms with Crippen molar-refractivity contribution in [1.29, 1.82) is 0 Å². The van der Waals surface area contributed by atoms with Crippen LogP contribution >= 0.6 is 0 Å². The number of ether oxygens (including phenoxy) is 1. The molecule has 0 bridgehead atoms. The molecule has 17 heavy (non-hydrogen) atoms. The monoisotopic (exact) mass is 239 g/mol. The number of rotatable bonds is 4. The lowest BCUT2D eigenvalue weighted by atomic mass is 9.98. The van der Waals surface area contributed by atoms with Crippen molar-refractivity contribution in [2.24, 2.45) is 5.92 Å². The van der Waals surface area contributed by atoms with Gasteiger partial charge < -0.3 is 10.1 Å². The van der Waals surface area contributed by atoms with Gasteiger partial charge >= 0.3 is 0 Å². The zero-order valence-corrected chi connectivity index (χ0v) is 9.94. The van der Waals surface area contributed by atoms with Gasteiger partial charge in [0, 0.05) is 19.6 Å². The van der Waals surface area contributed by atoms with E-state index in [1.807, 2.05) is 0 Å². The molecular weight excluding hydrogens is 222 g/mol. The standard InChI is InChI=1S/C11H17N3O3/c1-8-10(14-17-13-8)6-12-11(15)5-9-3-2-4-16-7-9/h9H,2-7H2,1H3,(H,12,15)/t9-/m1/s1. The van der Waals surface area contributed by atoms with Crippen molar-refractivity contribution in [3.05, 3.63) is 11.4 Å². The minimum absolute atomic E-state index is 0.0305. The van der Waals surface area contributed by atoms with Crippen molar-refractivity contribution in [2.45, 2.75) is 32.7 Å². The second kappa shape index (κ2) is 5.77. The number of hydrogen-bond acceptors (Lipinski definition) is 5. The first-order valence-electron chi connectivity index (χ1n) is 5.88. The predicted molar refractivity (Wildman–Crippen MR) is 59.0 cm³/mol. The van der Waals surface area contributed by atoms with Gasteiger partial charge in [-0.25, -0.2) is 4.63 Å². The lowest BCUT2D eigenvalue weighted by Crippen LogP contribution is -2.28. The summed E-state index contributed by atoms with van der Waals surface area (Å²) in [5.74, 6) is 0.378. The Balaban J connectivity index is 1.72. The molecule has 1 amide bonds. The van der Waals surface area contributed by atoms with Crippen LogP contribution in [0, 0.1) is 12.8 Å². The van der Waals surface area contributed by atoms with Gasteiger partial charge in [-0.3, -0.25) is 4.79 Å². The van der Waals surface area contributed by atoms with Gasteiger partial charge in [-0.2, -0.15) is 0 Å². The number of aromatic nitrogens is 2. The van der Waals surface area contributed by atoms with E-state index in [9.17, 15) is 4.79 Å². The maximum absolute atomic E-state index is 11.7. The summed E-state index contributed by atoms with van der Waals surface area (Å²) in [5.41, 5.74) is 1.39. The van der Waals surface area contributed by atoms with Crippen molar-refractivity contribution in [3.8, 4) is 0 Å².